The van der Waals surface area contributed by atoms with E-state index in [2.05, 4.69) is 4.98 Å². The summed E-state index contributed by atoms with van der Waals surface area (Å²) in [5.41, 5.74) is -1.14. The fourth-order valence-electron chi connectivity index (χ4n) is 2.33. The minimum absolute atomic E-state index is 0. The first-order valence-electron chi connectivity index (χ1n) is 8.92. The summed E-state index contributed by atoms with van der Waals surface area (Å²) in [5, 5.41) is 41.1. The molecule has 0 amide bonds. The molecule has 0 bridgehead atoms. The zero-order valence-corrected chi connectivity index (χ0v) is 15.3. The summed E-state index contributed by atoms with van der Waals surface area (Å²) in [6.07, 6.45) is -13.6. The molecule has 1 aromatic rings. The van der Waals surface area contributed by atoms with E-state index in [-0.39, 0.29) is 35.3 Å². The minimum atomic E-state index is -3.08. The molecule has 1 aromatic heterocycles. The van der Waals surface area contributed by atoms with Gasteiger partial charge in [0.15, 0.2) is 11.0 Å². The summed E-state index contributed by atoms with van der Waals surface area (Å²) >= 11 is 4.96. The third-order valence-corrected chi connectivity index (χ3v) is 3.70. The van der Waals surface area contributed by atoms with Crippen LogP contribution >= 0.6 is 12.2 Å². The number of H-pyrrole nitrogens is 1. The number of carbonyl (C=O) groups excluding carboxylic acids is 1. The minimum Gasteiger partial charge on any atom is -0.547 e. The van der Waals surface area contributed by atoms with Gasteiger partial charge in [0.05, 0.1) is 5.97 Å². The number of aromatic amines is 1. The predicted molar refractivity (Wildman–Crippen MR) is 76.8 cm³/mol. The van der Waals surface area contributed by atoms with E-state index in [1.165, 1.54) is 0 Å². The Morgan fingerprint density at radius 2 is 2.17 bits per heavy atom. The van der Waals surface area contributed by atoms with Crippen molar-refractivity contribution in [2.45, 2.75) is 50.3 Å². The number of aliphatic hydroxyl groups is 3. The molecule has 2 heterocycles. The molecule has 4 N–H and O–H groups in total. The van der Waals surface area contributed by atoms with Gasteiger partial charge in [-0.2, -0.15) is 0 Å². The number of hydrogen-bond donors (Lipinski definition) is 4. The van der Waals surface area contributed by atoms with Crippen molar-refractivity contribution in [2.24, 2.45) is 0 Å². The third kappa shape index (κ3) is 4.14. The monoisotopic (exact) mass is 373 g/mol. The number of carboxylic acids is 1. The molecule has 0 radical (unpaired) electrons. The maximum absolute atomic E-state index is 11.8. The van der Waals surface area contributed by atoms with Crippen LogP contribution in [0.15, 0.2) is 10.9 Å². The van der Waals surface area contributed by atoms with Gasteiger partial charge in [-0.1, -0.05) is 13.2 Å². The molecule has 1 aliphatic heterocycles. The van der Waals surface area contributed by atoms with E-state index in [1.54, 1.807) is 0 Å². The molecule has 0 saturated carbocycles. The average molecular weight is 373 g/mol. The molecular formula is C13H17N2NaO7S. The Morgan fingerprint density at radius 1 is 1.50 bits per heavy atom. The van der Waals surface area contributed by atoms with Crippen LogP contribution in [0.2, 0.25) is 0 Å². The molecule has 0 unspecified atom stereocenters. The number of aryl methyl sites for hydroxylation is 1. The predicted octanol–water partition coefficient (Wildman–Crippen LogP) is -5.41. The summed E-state index contributed by atoms with van der Waals surface area (Å²) in [4.78, 5) is 25.1. The molecule has 0 aliphatic carbocycles. The number of carboxylic acid groups (broad SMARTS) is 1. The number of aliphatic hydroxyl groups excluding tert-OH is 3. The van der Waals surface area contributed by atoms with Crippen LogP contribution in [-0.2, 0) is 16.0 Å². The van der Waals surface area contributed by atoms with Gasteiger partial charge in [0.25, 0.3) is 5.56 Å². The molecule has 128 valence electrons. The number of rotatable bonds is 4. The van der Waals surface area contributed by atoms with Crippen molar-refractivity contribution >= 4 is 18.2 Å². The molecular weight excluding hydrogens is 351 g/mol. The largest absolute Gasteiger partial charge is 1.00 e. The smallest absolute Gasteiger partial charge is 0.547 e. The zero-order chi connectivity index (χ0) is 21.6. The van der Waals surface area contributed by atoms with E-state index in [0.29, 0.717) is 0 Å². The Labute approximate surface area is 171 Å². The van der Waals surface area contributed by atoms with Crippen LogP contribution in [0.25, 0.3) is 0 Å². The Hall–Kier alpha value is -0.590. The summed E-state index contributed by atoms with van der Waals surface area (Å²) in [6, 6.07) is 0.806. The molecule has 11 heteroatoms. The van der Waals surface area contributed by atoms with E-state index >= 15 is 0 Å². The first-order chi connectivity index (χ1) is 12.7. The normalized spacial score (nSPS) is 34.0. The van der Waals surface area contributed by atoms with Gasteiger partial charge in [0, 0.05) is 18.6 Å². The van der Waals surface area contributed by atoms with Crippen molar-refractivity contribution in [3.8, 4) is 0 Å². The maximum atomic E-state index is 11.8. The Bertz CT molecular complexity index is 876. The van der Waals surface area contributed by atoms with Gasteiger partial charge in [-0.25, -0.2) is 0 Å². The number of ether oxygens (including phenoxy) is 1. The summed E-state index contributed by atoms with van der Waals surface area (Å²) in [6.45, 7) is -3.08. The second-order valence-corrected chi connectivity index (χ2v) is 5.28. The van der Waals surface area contributed by atoms with Crippen molar-refractivity contribution in [1.29, 1.82) is 0 Å². The Morgan fingerprint density at radius 3 is 2.75 bits per heavy atom. The van der Waals surface area contributed by atoms with Crippen LogP contribution in [0.3, 0.4) is 0 Å². The van der Waals surface area contributed by atoms with Crippen LogP contribution < -0.4 is 40.2 Å². The summed E-state index contributed by atoms with van der Waals surface area (Å²) in [5.74, 6) is -1.90. The molecule has 24 heavy (non-hydrogen) atoms. The van der Waals surface area contributed by atoms with Crippen molar-refractivity contribution in [1.82, 2.24) is 9.55 Å². The van der Waals surface area contributed by atoms with Crippen LogP contribution in [0.5, 0.6) is 0 Å². The quantitative estimate of drug-likeness (QED) is 0.302. The van der Waals surface area contributed by atoms with Gasteiger partial charge in [-0.15, -0.1) is 0 Å². The topological polar surface area (TPSA) is 148 Å². The van der Waals surface area contributed by atoms with Crippen LogP contribution in [0.4, 0.5) is 0 Å². The van der Waals surface area contributed by atoms with E-state index in [1.807, 2.05) is 0 Å². The van der Waals surface area contributed by atoms with Gasteiger partial charge < -0.3 is 30.0 Å². The summed E-state index contributed by atoms with van der Waals surface area (Å²) < 4.78 is 42.8. The first kappa shape index (κ1) is 14.6. The molecule has 1 fully saturated rings. The number of aromatic nitrogens is 2. The van der Waals surface area contributed by atoms with Gasteiger partial charge in [0.2, 0.25) is 0 Å². The number of hydrogen-bond acceptors (Lipinski definition) is 8. The van der Waals surface area contributed by atoms with Crippen molar-refractivity contribution in [3.63, 3.8) is 0 Å². The van der Waals surface area contributed by atoms with E-state index in [9.17, 15) is 30.0 Å². The van der Waals surface area contributed by atoms with Crippen LogP contribution in [-0.4, -0.2) is 55.3 Å². The number of carbonyl (C=O) groups is 1. The van der Waals surface area contributed by atoms with E-state index in [4.69, 9.17) is 23.8 Å². The van der Waals surface area contributed by atoms with E-state index < -0.39 is 66.6 Å². The summed E-state index contributed by atoms with van der Waals surface area (Å²) in [7, 11) is 0. The van der Waals surface area contributed by atoms with Crippen LogP contribution in [0, 0.1) is 4.77 Å². The van der Waals surface area contributed by atoms with Crippen molar-refractivity contribution < 1.29 is 66.4 Å². The molecule has 0 spiro atoms. The first-order valence-corrected chi connectivity index (χ1v) is 6.83. The average Bonchev–Trinajstić information content (AvgIpc) is 2.52. The second-order valence-electron chi connectivity index (χ2n) is 4.89. The SMILES string of the molecule is [2H]C([2H])([2H])C([2H])([2H])Cc1cc(=O)[nH]c(=S)n1[C@@H]1O[C@H](C(=O)[O-])[C@@H](O)[C@H](O)[C@H]1O.[Na+]. The molecule has 2 rings (SSSR count). The van der Waals surface area contributed by atoms with Gasteiger partial charge in [0.1, 0.15) is 24.4 Å². The van der Waals surface area contributed by atoms with Crippen molar-refractivity contribution in [2.75, 3.05) is 0 Å². The third-order valence-electron chi connectivity index (χ3n) is 3.40. The fraction of sp³-hybridized carbons (Fsp3) is 0.615. The molecule has 1 saturated heterocycles. The van der Waals surface area contributed by atoms with Crippen LogP contribution in [0.1, 0.15) is 32.0 Å². The molecule has 0 aromatic carbocycles. The van der Waals surface area contributed by atoms with Gasteiger partial charge in [-0.05, 0) is 18.6 Å². The number of nitrogens with zero attached hydrogens (tertiary/aromatic N) is 1. The maximum Gasteiger partial charge on any atom is 1.00 e. The number of nitrogens with one attached hydrogen (secondary N) is 1. The van der Waals surface area contributed by atoms with E-state index in [0.717, 1.165) is 10.6 Å². The molecule has 9 nitrogen and oxygen atoms in total. The molecule has 1 aliphatic rings. The Kier molecular flexibility index (Phi) is 5.27. The van der Waals surface area contributed by atoms with Gasteiger partial charge >= 0.3 is 29.6 Å². The standard InChI is InChI=1S/C13H18N2O7S.Na/c1-2-3-5-4-6(16)14-13(23)15(5)11-9(19)7(17)8(18)10(22-11)12(20)21;/h4,7-11,17-19H,2-3H2,1H3,(H,20,21)(H,14,16,23);/q;+1/p-1/t7-,8-,9+,10-,11+;/m0./s1/i1D3,2D2;. The van der Waals surface area contributed by atoms with Gasteiger partial charge in [-0.3, -0.25) is 14.3 Å². The zero-order valence-electron chi connectivity index (χ0n) is 17.5. The molecule has 5 atom stereocenters. The second kappa shape index (κ2) is 8.68. The fourth-order valence-corrected chi connectivity index (χ4v) is 2.65. The Balaban J connectivity index is 0.00000420. The number of aliphatic carboxylic acids is 1. The van der Waals surface area contributed by atoms with Crippen molar-refractivity contribution in [3.05, 3.63) is 26.9 Å².